The fourth-order valence-electron chi connectivity index (χ4n) is 3.28. The van der Waals surface area contributed by atoms with E-state index in [2.05, 4.69) is 0 Å². The Morgan fingerprint density at radius 3 is 2.42 bits per heavy atom. The van der Waals surface area contributed by atoms with E-state index in [0.29, 0.717) is 13.0 Å². The van der Waals surface area contributed by atoms with Gasteiger partial charge in [0, 0.05) is 31.4 Å². The predicted octanol–water partition coefficient (Wildman–Crippen LogP) is 1.63. The van der Waals surface area contributed by atoms with E-state index >= 15 is 0 Å². The molecule has 1 aliphatic carbocycles. The van der Waals surface area contributed by atoms with E-state index in [1.807, 2.05) is 0 Å². The number of fused-ring (bicyclic) bond motifs is 1. The highest BCUT2D eigenvalue weighted by molar-refractivity contribution is 7.89. The average molecular weight is 374 g/mol. The molecule has 1 aromatic carbocycles. The van der Waals surface area contributed by atoms with Gasteiger partial charge in [0.15, 0.2) is 0 Å². The number of benzene rings is 1. The van der Waals surface area contributed by atoms with Gasteiger partial charge in [0.25, 0.3) is 5.56 Å². The van der Waals surface area contributed by atoms with Crippen LogP contribution in [0.25, 0.3) is 0 Å². The first kappa shape index (κ1) is 17.0. The first-order chi connectivity index (χ1) is 12.4. The zero-order valence-electron chi connectivity index (χ0n) is 14.0. The van der Waals surface area contributed by atoms with Gasteiger partial charge in [0.2, 0.25) is 10.0 Å². The molecule has 2 heterocycles. The molecule has 0 bridgehead atoms. The Kier molecular flexibility index (Phi) is 3.96. The molecule has 1 saturated carbocycles. The third kappa shape index (κ3) is 2.95. The highest BCUT2D eigenvalue weighted by Crippen LogP contribution is 2.34. The second kappa shape index (κ2) is 6.07. The van der Waals surface area contributed by atoms with Gasteiger partial charge in [-0.15, -0.1) is 0 Å². The summed E-state index contributed by atoms with van der Waals surface area (Å²) in [6, 6.07) is 7.08. The predicted molar refractivity (Wildman–Crippen MR) is 93.7 cm³/mol. The van der Waals surface area contributed by atoms with Crippen molar-refractivity contribution in [2.45, 2.75) is 36.7 Å². The monoisotopic (exact) mass is 374 g/mol. The Balaban J connectivity index is 1.64. The number of sulfonamides is 1. The maximum Gasteiger partial charge on any atom is 0.335 e. The van der Waals surface area contributed by atoms with Crippen LogP contribution >= 0.6 is 0 Å². The molecular formula is C18H18N2O5S. The molecule has 1 aromatic heterocycles. The lowest BCUT2D eigenvalue weighted by molar-refractivity contribution is 0.0696. The lowest BCUT2D eigenvalue weighted by atomic mass is 10.0. The Bertz CT molecular complexity index is 1040. The van der Waals surface area contributed by atoms with Gasteiger partial charge in [-0.05, 0) is 54.7 Å². The van der Waals surface area contributed by atoms with E-state index in [1.54, 1.807) is 16.8 Å². The average Bonchev–Trinajstić information content (AvgIpc) is 3.45. The minimum absolute atomic E-state index is 0.0215. The minimum atomic E-state index is -3.72. The zero-order chi connectivity index (χ0) is 18.5. The Labute approximate surface area is 150 Å². The lowest BCUT2D eigenvalue weighted by Gasteiger charge is -2.28. The highest BCUT2D eigenvalue weighted by atomic mass is 32.2. The summed E-state index contributed by atoms with van der Waals surface area (Å²) in [6.07, 6.45) is 4.25. The zero-order valence-corrected chi connectivity index (χ0v) is 14.8. The van der Waals surface area contributed by atoms with E-state index in [9.17, 15) is 18.0 Å². The number of hydrogen-bond donors (Lipinski definition) is 1. The summed E-state index contributed by atoms with van der Waals surface area (Å²) in [7, 11) is -3.72. The van der Waals surface area contributed by atoms with Crippen molar-refractivity contribution >= 4 is 16.0 Å². The van der Waals surface area contributed by atoms with Gasteiger partial charge in [0.1, 0.15) is 0 Å². The largest absolute Gasteiger partial charge is 0.478 e. The molecular weight excluding hydrogens is 356 g/mol. The molecule has 0 saturated heterocycles. The molecule has 136 valence electrons. The second-order valence-electron chi connectivity index (χ2n) is 6.72. The van der Waals surface area contributed by atoms with Crippen LogP contribution in [0, 0.1) is 0 Å². The van der Waals surface area contributed by atoms with E-state index in [0.717, 1.165) is 24.0 Å². The van der Waals surface area contributed by atoms with E-state index in [1.165, 1.54) is 28.6 Å². The van der Waals surface area contributed by atoms with Gasteiger partial charge < -0.3 is 9.67 Å². The van der Waals surface area contributed by atoms with Crippen LogP contribution in [0.3, 0.4) is 0 Å². The number of hydrogen-bond acceptors (Lipinski definition) is 4. The number of pyridine rings is 1. The molecule has 1 fully saturated rings. The molecule has 0 radical (unpaired) electrons. The number of carboxylic acid groups (broad SMARTS) is 1. The van der Waals surface area contributed by atoms with Gasteiger partial charge >= 0.3 is 5.97 Å². The maximum atomic E-state index is 12.9. The molecule has 8 heteroatoms. The topological polar surface area (TPSA) is 96.7 Å². The molecule has 1 N–H and O–H groups in total. The van der Waals surface area contributed by atoms with Gasteiger partial charge in [0.05, 0.1) is 10.5 Å². The molecule has 0 atom stereocenters. The molecule has 0 spiro atoms. The minimum Gasteiger partial charge on any atom is -0.478 e. The van der Waals surface area contributed by atoms with Crippen molar-refractivity contribution in [3.05, 3.63) is 63.6 Å². The van der Waals surface area contributed by atoms with Crippen molar-refractivity contribution in [1.29, 1.82) is 0 Å². The fraction of sp³-hybridized carbons (Fsp3) is 0.333. The van der Waals surface area contributed by atoms with Crippen LogP contribution in [0.1, 0.15) is 40.4 Å². The first-order valence-electron chi connectivity index (χ1n) is 8.44. The van der Waals surface area contributed by atoms with Crippen LogP contribution in [-0.2, 0) is 23.0 Å². The molecule has 26 heavy (non-hydrogen) atoms. The Morgan fingerprint density at radius 1 is 1.12 bits per heavy atom. The van der Waals surface area contributed by atoms with Crippen molar-refractivity contribution in [3.63, 3.8) is 0 Å². The number of carboxylic acids is 1. The maximum absolute atomic E-state index is 12.9. The molecule has 0 amide bonds. The van der Waals surface area contributed by atoms with Gasteiger partial charge in [-0.25, -0.2) is 13.2 Å². The second-order valence-corrected chi connectivity index (χ2v) is 8.66. The van der Waals surface area contributed by atoms with Gasteiger partial charge in [-0.2, -0.15) is 4.31 Å². The van der Waals surface area contributed by atoms with Crippen molar-refractivity contribution < 1.29 is 18.3 Å². The molecule has 2 aromatic rings. The van der Waals surface area contributed by atoms with Crippen molar-refractivity contribution in [2.75, 3.05) is 6.54 Å². The Hall–Kier alpha value is -2.45. The quantitative estimate of drug-likeness (QED) is 0.877. The molecule has 2 aliphatic rings. The summed E-state index contributed by atoms with van der Waals surface area (Å²) in [4.78, 5) is 23.1. The SMILES string of the molecule is O=C(O)c1ccc(S(=O)(=O)N2CCc3cc(=O)n(C4CC4)cc3C2)cc1. The summed E-state index contributed by atoms with van der Waals surface area (Å²) < 4.78 is 28.9. The van der Waals surface area contributed by atoms with E-state index in [-0.39, 0.29) is 28.6 Å². The third-order valence-corrected chi connectivity index (χ3v) is 6.78. The van der Waals surface area contributed by atoms with Crippen molar-refractivity contribution in [3.8, 4) is 0 Å². The summed E-state index contributed by atoms with van der Waals surface area (Å²) in [6.45, 7) is 0.508. The molecule has 7 nitrogen and oxygen atoms in total. The first-order valence-corrected chi connectivity index (χ1v) is 9.88. The standard InChI is InChI=1S/C18H18N2O5S/c21-17-9-13-7-8-19(10-14(13)11-20(17)15-3-4-15)26(24,25)16-5-1-12(2-6-16)18(22)23/h1-2,5-6,9,11,15H,3-4,7-8,10H2,(H,22,23). The van der Waals surface area contributed by atoms with Crippen LogP contribution in [0.15, 0.2) is 46.2 Å². The molecule has 0 unspecified atom stereocenters. The van der Waals surface area contributed by atoms with E-state index in [4.69, 9.17) is 5.11 Å². The highest BCUT2D eigenvalue weighted by Gasteiger charge is 2.31. The van der Waals surface area contributed by atoms with Crippen molar-refractivity contribution in [1.82, 2.24) is 8.87 Å². The molecule has 1 aliphatic heterocycles. The Morgan fingerprint density at radius 2 is 1.81 bits per heavy atom. The molecule has 4 rings (SSSR count). The number of aromatic carboxylic acids is 1. The summed E-state index contributed by atoms with van der Waals surface area (Å²) >= 11 is 0. The summed E-state index contributed by atoms with van der Waals surface area (Å²) in [5.74, 6) is -1.10. The lowest BCUT2D eigenvalue weighted by Crippen LogP contribution is -2.37. The number of aromatic nitrogens is 1. The number of carbonyl (C=O) groups is 1. The van der Waals surface area contributed by atoms with Crippen LogP contribution in [-0.4, -0.2) is 34.9 Å². The number of nitrogens with zero attached hydrogens (tertiary/aromatic N) is 2. The van der Waals surface area contributed by atoms with Crippen LogP contribution in [0.4, 0.5) is 0 Å². The smallest absolute Gasteiger partial charge is 0.335 e. The summed E-state index contributed by atoms with van der Waals surface area (Å²) in [5, 5.41) is 8.95. The van der Waals surface area contributed by atoms with Crippen LogP contribution in [0.2, 0.25) is 0 Å². The third-order valence-electron chi connectivity index (χ3n) is 4.92. The van der Waals surface area contributed by atoms with Crippen LogP contribution in [0.5, 0.6) is 0 Å². The number of rotatable bonds is 4. The van der Waals surface area contributed by atoms with Gasteiger partial charge in [-0.1, -0.05) is 0 Å². The van der Waals surface area contributed by atoms with E-state index < -0.39 is 16.0 Å². The van der Waals surface area contributed by atoms with Gasteiger partial charge in [-0.3, -0.25) is 4.79 Å². The fourth-order valence-corrected chi connectivity index (χ4v) is 4.70. The van der Waals surface area contributed by atoms with Crippen molar-refractivity contribution in [2.24, 2.45) is 0 Å². The normalized spacial score (nSPS) is 17.7. The summed E-state index contributed by atoms with van der Waals surface area (Å²) in [5.41, 5.74) is 1.78. The van der Waals surface area contributed by atoms with Crippen LogP contribution < -0.4 is 5.56 Å².